The number of hydrogen-bond acceptors (Lipinski definition) is 3. The van der Waals surface area contributed by atoms with E-state index in [1.807, 2.05) is 7.05 Å². The van der Waals surface area contributed by atoms with Gasteiger partial charge in [-0.05, 0) is 13.0 Å². The molecule has 0 spiro atoms. The highest BCUT2D eigenvalue weighted by Crippen LogP contribution is 2.02. The summed E-state index contributed by atoms with van der Waals surface area (Å²) in [6, 6.07) is 3.15. The summed E-state index contributed by atoms with van der Waals surface area (Å²) in [6.45, 7) is 1.76. The lowest BCUT2D eigenvalue weighted by Gasteiger charge is -2.03. The zero-order valence-corrected chi connectivity index (χ0v) is 9.75. The van der Waals surface area contributed by atoms with Gasteiger partial charge in [0.05, 0.1) is 12.9 Å². The molecule has 2 heterocycles. The lowest BCUT2D eigenvalue weighted by atomic mass is 10.2. The minimum Gasteiger partial charge on any atom is -0.357 e. The normalized spacial score (nSPS) is 10.5. The van der Waals surface area contributed by atoms with Gasteiger partial charge >= 0.3 is 0 Å². The smallest absolute Gasteiger partial charge is 0.253 e. The summed E-state index contributed by atoms with van der Waals surface area (Å²) in [5.41, 5.74) is 1.04. The van der Waals surface area contributed by atoms with Crippen molar-refractivity contribution in [2.24, 2.45) is 7.05 Å². The molecule has 0 saturated heterocycles. The monoisotopic (exact) mass is 231 g/mol. The molecule has 88 valence electrons. The Kier molecular flexibility index (Phi) is 2.91. The average molecular weight is 231 g/mol. The molecule has 2 aromatic heterocycles. The Balaban J connectivity index is 2.21. The largest absolute Gasteiger partial charge is 0.357 e. The highest BCUT2D eigenvalue weighted by molar-refractivity contribution is 5.95. The first kappa shape index (κ1) is 11.3. The van der Waals surface area contributed by atoms with Gasteiger partial charge in [0.15, 0.2) is 5.78 Å². The highest BCUT2D eigenvalue weighted by atomic mass is 16.1. The Bertz CT molecular complexity index is 610. The van der Waals surface area contributed by atoms with Crippen LogP contribution in [-0.4, -0.2) is 19.9 Å². The lowest BCUT2D eigenvalue weighted by Crippen LogP contribution is -2.24. The van der Waals surface area contributed by atoms with Crippen LogP contribution in [0.15, 0.2) is 35.6 Å². The molecule has 0 atom stereocenters. The van der Waals surface area contributed by atoms with Crippen LogP contribution >= 0.6 is 0 Å². The van der Waals surface area contributed by atoms with E-state index in [2.05, 4.69) is 4.98 Å². The van der Waals surface area contributed by atoms with Crippen LogP contribution in [0.4, 0.5) is 0 Å². The van der Waals surface area contributed by atoms with Crippen molar-refractivity contribution in [1.29, 1.82) is 0 Å². The van der Waals surface area contributed by atoms with Crippen LogP contribution < -0.4 is 5.56 Å². The number of carbonyl (C=O) groups is 1. The molecule has 0 aromatic carbocycles. The van der Waals surface area contributed by atoms with E-state index in [1.165, 1.54) is 17.0 Å². The molecule has 0 fully saturated rings. The molecule has 0 aliphatic carbocycles. The number of Topliss-reactive ketones (excluding diaryl/α,β-unsaturated/α-hetero) is 1. The van der Waals surface area contributed by atoms with Crippen LogP contribution in [0.2, 0.25) is 0 Å². The molecule has 2 aromatic rings. The Hall–Kier alpha value is -2.17. The minimum atomic E-state index is -0.207. The number of ketones is 1. The molecule has 5 heteroatoms. The van der Waals surface area contributed by atoms with Crippen molar-refractivity contribution in [3.05, 3.63) is 52.5 Å². The first-order valence-electron chi connectivity index (χ1n) is 5.24. The van der Waals surface area contributed by atoms with Crippen LogP contribution in [0, 0.1) is 6.92 Å². The number of rotatable bonds is 3. The topological polar surface area (TPSA) is 56.9 Å². The Morgan fingerprint density at radius 1 is 1.47 bits per heavy atom. The molecule has 0 saturated carbocycles. The van der Waals surface area contributed by atoms with E-state index in [-0.39, 0.29) is 17.9 Å². The third kappa shape index (κ3) is 2.50. The van der Waals surface area contributed by atoms with E-state index in [4.69, 9.17) is 0 Å². The quantitative estimate of drug-likeness (QED) is 0.733. The summed E-state index contributed by atoms with van der Waals surface area (Å²) in [6.07, 6.45) is 4.93. The molecule has 0 bridgehead atoms. The zero-order chi connectivity index (χ0) is 12.4. The maximum absolute atomic E-state index is 11.9. The van der Waals surface area contributed by atoms with Gasteiger partial charge in [-0.3, -0.25) is 14.2 Å². The number of carbonyl (C=O) groups excluding carboxylic acids is 1. The molecule has 0 radical (unpaired) electrons. The van der Waals surface area contributed by atoms with E-state index < -0.39 is 0 Å². The molecule has 5 nitrogen and oxygen atoms in total. The van der Waals surface area contributed by atoms with Crippen molar-refractivity contribution >= 4 is 5.78 Å². The van der Waals surface area contributed by atoms with Crippen molar-refractivity contribution < 1.29 is 4.79 Å². The third-order valence-electron chi connectivity index (χ3n) is 2.48. The predicted molar refractivity (Wildman–Crippen MR) is 63.0 cm³/mol. The van der Waals surface area contributed by atoms with Crippen molar-refractivity contribution in [2.75, 3.05) is 0 Å². The fourth-order valence-electron chi connectivity index (χ4n) is 1.55. The first-order chi connectivity index (χ1) is 8.06. The van der Waals surface area contributed by atoms with Crippen LogP contribution in [0.25, 0.3) is 0 Å². The first-order valence-corrected chi connectivity index (χ1v) is 5.24. The number of hydrogen-bond donors (Lipinski definition) is 0. The fraction of sp³-hybridized carbons (Fsp3) is 0.250. The molecule has 17 heavy (non-hydrogen) atoms. The van der Waals surface area contributed by atoms with Gasteiger partial charge < -0.3 is 4.57 Å². The van der Waals surface area contributed by atoms with E-state index in [0.717, 1.165) is 0 Å². The second-order valence-corrected chi connectivity index (χ2v) is 3.99. The summed E-state index contributed by atoms with van der Waals surface area (Å²) >= 11 is 0. The third-order valence-corrected chi connectivity index (χ3v) is 2.48. The van der Waals surface area contributed by atoms with Gasteiger partial charge in [-0.2, -0.15) is 0 Å². The highest BCUT2D eigenvalue weighted by Gasteiger charge is 2.08. The van der Waals surface area contributed by atoms with Crippen LogP contribution in [0.3, 0.4) is 0 Å². The van der Waals surface area contributed by atoms with Gasteiger partial charge in [-0.1, -0.05) is 0 Å². The number of aryl methyl sites for hydroxylation is 2. The van der Waals surface area contributed by atoms with Crippen LogP contribution in [-0.2, 0) is 13.6 Å². The summed E-state index contributed by atoms with van der Waals surface area (Å²) in [4.78, 5) is 27.4. The van der Waals surface area contributed by atoms with Crippen molar-refractivity contribution in [3.63, 3.8) is 0 Å². The van der Waals surface area contributed by atoms with Crippen molar-refractivity contribution in [2.45, 2.75) is 13.5 Å². The van der Waals surface area contributed by atoms with Crippen LogP contribution in [0.1, 0.15) is 16.1 Å². The SMILES string of the molecule is Cc1cc(=O)n(CC(=O)c2ccn(C)c2)cn1. The average Bonchev–Trinajstić information content (AvgIpc) is 2.69. The van der Waals surface area contributed by atoms with Gasteiger partial charge in [0.25, 0.3) is 5.56 Å². The van der Waals surface area contributed by atoms with Crippen molar-refractivity contribution in [3.8, 4) is 0 Å². The van der Waals surface area contributed by atoms with E-state index in [9.17, 15) is 9.59 Å². The summed E-state index contributed by atoms with van der Waals surface area (Å²) in [7, 11) is 1.84. The zero-order valence-electron chi connectivity index (χ0n) is 9.75. The molecular weight excluding hydrogens is 218 g/mol. The maximum Gasteiger partial charge on any atom is 0.253 e. The van der Waals surface area contributed by atoms with Crippen molar-refractivity contribution in [1.82, 2.24) is 14.1 Å². The summed E-state index contributed by atoms with van der Waals surface area (Å²) in [5.74, 6) is -0.0987. The molecule has 0 aliphatic rings. The molecule has 2 rings (SSSR count). The molecule has 0 unspecified atom stereocenters. The molecule has 0 aliphatic heterocycles. The van der Waals surface area contributed by atoms with E-state index >= 15 is 0 Å². The van der Waals surface area contributed by atoms with Gasteiger partial charge in [0.2, 0.25) is 0 Å². The fourth-order valence-corrected chi connectivity index (χ4v) is 1.55. The van der Waals surface area contributed by atoms with Gasteiger partial charge in [0, 0.05) is 36.8 Å². The number of nitrogens with zero attached hydrogens (tertiary/aromatic N) is 3. The van der Waals surface area contributed by atoms with E-state index in [1.54, 1.807) is 30.0 Å². The standard InChI is InChI=1S/C12H13N3O2/c1-9-5-12(17)15(8-13-9)7-11(16)10-3-4-14(2)6-10/h3-6,8H,7H2,1-2H3. The predicted octanol–water partition coefficient (Wildman–Crippen LogP) is 0.773. The second-order valence-electron chi connectivity index (χ2n) is 3.99. The Morgan fingerprint density at radius 3 is 2.82 bits per heavy atom. The second kappa shape index (κ2) is 4.37. The maximum atomic E-state index is 11.9. The minimum absolute atomic E-state index is 0.0239. The van der Waals surface area contributed by atoms with E-state index in [0.29, 0.717) is 11.3 Å². The van der Waals surface area contributed by atoms with Gasteiger partial charge in [0.1, 0.15) is 0 Å². The molecule has 0 N–H and O–H groups in total. The summed E-state index contributed by atoms with van der Waals surface area (Å²) < 4.78 is 3.10. The summed E-state index contributed by atoms with van der Waals surface area (Å²) in [5, 5.41) is 0. The Labute approximate surface area is 98.3 Å². The van der Waals surface area contributed by atoms with Crippen LogP contribution in [0.5, 0.6) is 0 Å². The molecular formula is C12H13N3O2. The van der Waals surface area contributed by atoms with Gasteiger partial charge in [-0.15, -0.1) is 0 Å². The molecule has 0 amide bonds. The Morgan fingerprint density at radius 2 is 2.24 bits per heavy atom. The van der Waals surface area contributed by atoms with Gasteiger partial charge in [-0.25, -0.2) is 4.98 Å². The number of aromatic nitrogens is 3. The lowest BCUT2D eigenvalue weighted by molar-refractivity contribution is 0.0970.